The number of aliphatic hydroxyl groups is 4. The van der Waals surface area contributed by atoms with Gasteiger partial charge < -0.3 is 29.9 Å². The highest BCUT2D eigenvalue weighted by Crippen LogP contribution is 2.67. The van der Waals surface area contributed by atoms with Gasteiger partial charge in [0.25, 0.3) is 0 Å². The van der Waals surface area contributed by atoms with Crippen molar-refractivity contribution in [3.05, 3.63) is 0 Å². The minimum atomic E-state index is -0.942. The van der Waals surface area contributed by atoms with Crippen LogP contribution >= 0.6 is 0 Å². The first-order valence-electron chi connectivity index (χ1n) is 14.5. The van der Waals surface area contributed by atoms with Crippen LogP contribution in [0.5, 0.6) is 0 Å². The molecule has 0 spiro atoms. The molecule has 5 fully saturated rings. The Hall–Kier alpha value is -0.240. The van der Waals surface area contributed by atoms with Crippen LogP contribution in [0.15, 0.2) is 0 Å². The summed E-state index contributed by atoms with van der Waals surface area (Å²) in [6, 6.07) is 0. The fourth-order valence-corrected chi connectivity index (χ4v) is 9.87. The molecule has 208 valence electrons. The third kappa shape index (κ3) is 3.71. The van der Waals surface area contributed by atoms with E-state index in [2.05, 4.69) is 27.7 Å². The molecule has 0 aromatic rings. The maximum absolute atomic E-state index is 12.2. The second-order valence-corrected chi connectivity index (χ2v) is 15.4. The molecular weight excluding hydrogens is 456 g/mol. The smallest absolute Gasteiger partial charge is 0.0954 e. The number of ether oxygens (including phenoxy) is 2. The van der Waals surface area contributed by atoms with Crippen LogP contribution in [0.4, 0.5) is 0 Å². The molecule has 11 atom stereocenters. The summed E-state index contributed by atoms with van der Waals surface area (Å²) < 4.78 is 13.0. The van der Waals surface area contributed by atoms with Crippen molar-refractivity contribution in [3.63, 3.8) is 0 Å². The molecular formula is C30H52O6. The van der Waals surface area contributed by atoms with E-state index in [1.165, 1.54) is 0 Å². The molecule has 0 radical (unpaired) electrons. The first kappa shape index (κ1) is 27.3. The van der Waals surface area contributed by atoms with Gasteiger partial charge in [0.2, 0.25) is 0 Å². The second-order valence-electron chi connectivity index (χ2n) is 15.4. The van der Waals surface area contributed by atoms with Gasteiger partial charge in [0.15, 0.2) is 0 Å². The molecule has 5 rings (SSSR count). The maximum Gasteiger partial charge on any atom is 0.0954 e. The van der Waals surface area contributed by atoms with Gasteiger partial charge in [-0.05, 0) is 115 Å². The van der Waals surface area contributed by atoms with Gasteiger partial charge in [0, 0.05) is 5.92 Å². The van der Waals surface area contributed by atoms with Gasteiger partial charge in [-0.3, -0.25) is 0 Å². The molecule has 6 heteroatoms. The Balaban J connectivity index is 1.45. The zero-order valence-corrected chi connectivity index (χ0v) is 23.9. The predicted octanol–water partition coefficient (Wildman–Crippen LogP) is 4.35. The molecule has 36 heavy (non-hydrogen) atoms. The monoisotopic (exact) mass is 508 g/mol. The van der Waals surface area contributed by atoms with E-state index in [0.29, 0.717) is 32.1 Å². The Labute approximate surface area is 218 Å². The van der Waals surface area contributed by atoms with Gasteiger partial charge in [-0.2, -0.15) is 0 Å². The van der Waals surface area contributed by atoms with Gasteiger partial charge in [0.1, 0.15) is 0 Å². The molecule has 4 N–H and O–H groups in total. The fourth-order valence-electron chi connectivity index (χ4n) is 9.87. The van der Waals surface area contributed by atoms with E-state index in [1.54, 1.807) is 0 Å². The van der Waals surface area contributed by atoms with Crippen molar-refractivity contribution >= 4 is 0 Å². The molecule has 0 aromatic heterocycles. The Bertz CT molecular complexity index is 881. The summed E-state index contributed by atoms with van der Waals surface area (Å²) >= 11 is 0. The third-order valence-corrected chi connectivity index (χ3v) is 12.6. The zero-order chi connectivity index (χ0) is 26.7. The Morgan fingerprint density at radius 1 is 0.694 bits per heavy atom. The highest BCUT2D eigenvalue weighted by molar-refractivity contribution is 5.22. The van der Waals surface area contributed by atoms with Gasteiger partial charge in [-0.1, -0.05) is 20.8 Å². The molecule has 0 unspecified atom stereocenters. The summed E-state index contributed by atoms with van der Waals surface area (Å²) in [6.45, 7) is 16.7. The number of hydrogen-bond acceptors (Lipinski definition) is 6. The number of fused-ring (bicyclic) bond motifs is 3. The molecule has 2 heterocycles. The lowest BCUT2D eigenvalue weighted by molar-refractivity contribution is -0.208. The van der Waals surface area contributed by atoms with E-state index in [4.69, 9.17) is 9.47 Å². The summed E-state index contributed by atoms with van der Waals surface area (Å²) in [5, 5.41) is 45.9. The Kier molecular flexibility index (Phi) is 6.01. The number of rotatable bonds is 3. The SMILES string of the molecule is CC1(C)O[C@H]2CC[C@@](C)(O)[C@@H](CC[C@H]3C(C)(C)[C@@]4(O)CC[C@](C)(O)[C@H]4C[C@H]4O[C@]43C)[C@]2(C)CC[C@@H]1O. The van der Waals surface area contributed by atoms with Crippen LogP contribution < -0.4 is 0 Å². The van der Waals surface area contributed by atoms with Gasteiger partial charge in [-0.15, -0.1) is 0 Å². The lowest BCUT2D eigenvalue weighted by Gasteiger charge is -2.55. The highest BCUT2D eigenvalue weighted by atomic mass is 16.6. The van der Waals surface area contributed by atoms with Crippen molar-refractivity contribution in [2.75, 3.05) is 0 Å². The average Bonchev–Trinajstić information content (AvgIpc) is 3.37. The molecule has 3 aliphatic carbocycles. The van der Waals surface area contributed by atoms with E-state index < -0.39 is 33.9 Å². The van der Waals surface area contributed by atoms with E-state index in [-0.39, 0.29) is 41.0 Å². The summed E-state index contributed by atoms with van der Waals surface area (Å²) in [5.41, 5.74) is -4.25. The molecule has 6 nitrogen and oxygen atoms in total. The standard InChI is InChI=1S/C30H52O6/c1-24(2)18(29(8)23(36-29)17-20-28(7,33)15-16-30(20,24)34)9-10-19-26(5)13-11-21(31)25(3,4)35-22(26)12-14-27(19,6)32/h18-23,31-34H,9-17H2,1-8H3/t18-,19-,20+,21-,22-,23+,26-,27+,28-,29-,30+/m0/s1. The molecule has 0 amide bonds. The number of hydrogen-bond donors (Lipinski definition) is 4. The van der Waals surface area contributed by atoms with Crippen LogP contribution in [0.3, 0.4) is 0 Å². The van der Waals surface area contributed by atoms with Crippen molar-refractivity contribution in [1.82, 2.24) is 0 Å². The first-order valence-corrected chi connectivity index (χ1v) is 14.5. The maximum atomic E-state index is 12.2. The largest absolute Gasteiger partial charge is 0.390 e. The van der Waals surface area contributed by atoms with Gasteiger partial charge >= 0.3 is 0 Å². The minimum absolute atomic E-state index is 0.00368. The molecule has 0 bridgehead atoms. The van der Waals surface area contributed by atoms with Crippen LogP contribution in [0.25, 0.3) is 0 Å². The van der Waals surface area contributed by atoms with E-state index >= 15 is 0 Å². The van der Waals surface area contributed by atoms with Crippen LogP contribution in [0, 0.1) is 28.6 Å². The van der Waals surface area contributed by atoms with Crippen LogP contribution in [0.1, 0.15) is 113 Å². The lowest BCUT2D eigenvalue weighted by atomic mass is 9.54. The lowest BCUT2D eigenvalue weighted by Crippen LogP contribution is -2.57. The molecule has 2 aliphatic heterocycles. The average molecular weight is 509 g/mol. The predicted molar refractivity (Wildman–Crippen MR) is 138 cm³/mol. The number of epoxide rings is 1. The van der Waals surface area contributed by atoms with Crippen molar-refractivity contribution in [2.45, 2.75) is 159 Å². The molecule has 3 saturated carbocycles. The number of aliphatic hydroxyl groups excluding tert-OH is 1. The van der Waals surface area contributed by atoms with Crippen LogP contribution in [0.2, 0.25) is 0 Å². The minimum Gasteiger partial charge on any atom is -0.390 e. The molecule has 0 aromatic carbocycles. The van der Waals surface area contributed by atoms with E-state index in [0.717, 1.165) is 25.7 Å². The van der Waals surface area contributed by atoms with Gasteiger partial charge in [0.05, 0.1) is 46.3 Å². The van der Waals surface area contributed by atoms with Crippen LogP contribution in [-0.2, 0) is 9.47 Å². The normalized spacial score (nSPS) is 57.7. The van der Waals surface area contributed by atoms with Crippen molar-refractivity contribution in [2.24, 2.45) is 28.6 Å². The molecule has 5 aliphatic rings. The summed E-state index contributed by atoms with van der Waals surface area (Å²) in [5.74, 6) is -0.0790. The van der Waals surface area contributed by atoms with Gasteiger partial charge in [-0.25, -0.2) is 0 Å². The summed E-state index contributed by atoms with van der Waals surface area (Å²) in [7, 11) is 0. The third-order valence-electron chi connectivity index (χ3n) is 12.6. The van der Waals surface area contributed by atoms with Crippen molar-refractivity contribution in [1.29, 1.82) is 0 Å². The summed E-state index contributed by atoms with van der Waals surface area (Å²) in [6.07, 6.45) is 6.07. The zero-order valence-electron chi connectivity index (χ0n) is 23.9. The highest BCUT2D eigenvalue weighted by Gasteiger charge is 2.73. The first-order chi connectivity index (χ1) is 16.3. The Morgan fingerprint density at radius 2 is 1.33 bits per heavy atom. The quantitative estimate of drug-likeness (QED) is 0.423. The van der Waals surface area contributed by atoms with Crippen LogP contribution in [-0.4, -0.2) is 66.7 Å². The summed E-state index contributed by atoms with van der Waals surface area (Å²) in [4.78, 5) is 0. The fraction of sp³-hybridized carbons (Fsp3) is 1.00. The second kappa shape index (κ2) is 7.91. The van der Waals surface area contributed by atoms with Crippen molar-refractivity contribution in [3.8, 4) is 0 Å². The van der Waals surface area contributed by atoms with E-state index in [9.17, 15) is 20.4 Å². The molecule has 2 saturated heterocycles. The van der Waals surface area contributed by atoms with Crippen molar-refractivity contribution < 1.29 is 29.9 Å². The Morgan fingerprint density at radius 3 is 2.00 bits per heavy atom. The topological polar surface area (TPSA) is 103 Å². The van der Waals surface area contributed by atoms with E-state index in [1.807, 2.05) is 27.7 Å².